The molecule has 0 saturated carbocycles. The molecule has 4 rings (SSSR count). The summed E-state index contributed by atoms with van der Waals surface area (Å²) in [7, 11) is 0. The summed E-state index contributed by atoms with van der Waals surface area (Å²) in [6.07, 6.45) is 0. The van der Waals surface area contributed by atoms with Gasteiger partial charge in [-0.1, -0.05) is 44.2 Å². The number of fused-ring (bicyclic) bond motifs is 1. The van der Waals surface area contributed by atoms with E-state index in [4.69, 9.17) is 9.47 Å². The molecule has 1 saturated heterocycles. The van der Waals surface area contributed by atoms with Gasteiger partial charge in [0.25, 0.3) is 5.91 Å². The van der Waals surface area contributed by atoms with E-state index >= 15 is 0 Å². The van der Waals surface area contributed by atoms with Crippen molar-refractivity contribution in [1.29, 1.82) is 0 Å². The molecule has 28 heavy (non-hydrogen) atoms. The monoisotopic (exact) mass is 380 g/mol. The van der Waals surface area contributed by atoms with Crippen LogP contribution in [0.3, 0.4) is 0 Å². The Hall–Kier alpha value is -2.53. The van der Waals surface area contributed by atoms with Crippen LogP contribution in [-0.4, -0.2) is 55.1 Å². The van der Waals surface area contributed by atoms with Gasteiger partial charge in [-0.3, -0.25) is 9.69 Å². The third-order valence-electron chi connectivity index (χ3n) is 5.34. The van der Waals surface area contributed by atoms with Crippen LogP contribution in [0.4, 0.5) is 0 Å². The van der Waals surface area contributed by atoms with E-state index in [2.05, 4.69) is 43.0 Å². The number of hydrogen-bond donors (Lipinski definition) is 0. The predicted molar refractivity (Wildman–Crippen MR) is 109 cm³/mol. The van der Waals surface area contributed by atoms with Crippen molar-refractivity contribution in [2.24, 2.45) is 5.41 Å². The average molecular weight is 380 g/mol. The van der Waals surface area contributed by atoms with Crippen molar-refractivity contribution in [2.75, 3.05) is 39.4 Å². The number of hydrogen-bond acceptors (Lipinski definition) is 4. The van der Waals surface area contributed by atoms with Gasteiger partial charge in [0, 0.05) is 43.7 Å². The quantitative estimate of drug-likeness (QED) is 0.818. The smallest absolute Gasteiger partial charge is 0.254 e. The van der Waals surface area contributed by atoms with Gasteiger partial charge in [-0.25, -0.2) is 0 Å². The fourth-order valence-electron chi connectivity index (χ4n) is 3.59. The molecule has 2 heterocycles. The van der Waals surface area contributed by atoms with E-state index in [9.17, 15) is 4.79 Å². The van der Waals surface area contributed by atoms with Gasteiger partial charge in [0.15, 0.2) is 11.5 Å². The van der Waals surface area contributed by atoms with Crippen molar-refractivity contribution in [3.8, 4) is 11.5 Å². The minimum Gasteiger partial charge on any atom is -0.489 e. The number of benzene rings is 2. The van der Waals surface area contributed by atoms with Crippen LogP contribution in [-0.2, 0) is 6.54 Å². The van der Waals surface area contributed by atoms with Gasteiger partial charge in [0.1, 0.15) is 0 Å². The number of carbonyl (C=O) groups is 1. The van der Waals surface area contributed by atoms with Gasteiger partial charge in [0.2, 0.25) is 0 Å². The van der Waals surface area contributed by atoms with Gasteiger partial charge in [-0.2, -0.15) is 0 Å². The maximum absolute atomic E-state index is 13.0. The number of ether oxygens (including phenoxy) is 2. The highest BCUT2D eigenvalue weighted by molar-refractivity contribution is 5.95. The third kappa shape index (κ3) is 4.30. The zero-order chi connectivity index (χ0) is 19.6. The summed E-state index contributed by atoms with van der Waals surface area (Å²) in [6.45, 7) is 9.61. The van der Waals surface area contributed by atoms with Gasteiger partial charge >= 0.3 is 0 Å². The van der Waals surface area contributed by atoms with Crippen LogP contribution in [0.5, 0.6) is 11.5 Å². The van der Waals surface area contributed by atoms with E-state index in [1.54, 1.807) is 0 Å². The molecule has 0 aliphatic carbocycles. The second kappa shape index (κ2) is 7.84. The van der Waals surface area contributed by atoms with Crippen LogP contribution in [0.25, 0.3) is 0 Å². The van der Waals surface area contributed by atoms with Crippen molar-refractivity contribution >= 4 is 5.91 Å². The maximum atomic E-state index is 13.0. The molecule has 0 unspecified atom stereocenters. The maximum Gasteiger partial charge on any atom is 0.254 e. The normalized spacial score (nSPS) is 19.1. The molecule has 0 N–H and O–H groups in total. The number of nitrogens with zero attached hydrogens (tertiary/aromatic N) is 2. The van der Waals surface area contributed by atoms with Crippen LogP contribution in [0, 0.1) is 5.41 Å². The second-order valence-corrected chi connectivity index (χ2v) is 8.46. The lowest BCUT2D eigenvalue weighted by Crippen LogP contribution is -2.48. The van der Waals surface area contributed by atoms with Crippen LogP contribution >= 0.6 is 0 Å². The standard InChI is InChI=1S/C23H28N2O3/c1-23(2)16-27-20-9-8-19(14-21(20)28-17-23)22(26)25-12-10-24(11-13-25)15-18-6-4-3-5-7-18/h3-9,14H,10-13,15-17H2,1-2H3. The Morgan fingerprint density at radius 2 is 1.61 bits per heavy atom. The Kier molecular flexibility index (Phi) is 5.27. The molecule has 1 fully saturated rings. The molecule has 148 valence electrons. The summed E-state index contributed by atoms with van der Waals surface area (Å²) in [6, 6.07) is 16.0. The molecule has 0 radical (unpaired) electrons. The molecule has 5 nitrogen and oxygen atoms in total. The first kappa shape index (κ1) is 18.8. The Bertz CT molecular complexity index is 827. The highest BCUT2D eigenvalue weighted by Crippen LogP contribution is 2.34. The van der Waals surface area contributed by atoms with Crippen molar-refractivity contribution < 1.29 is 14.3 Å². The lowest BCUT2D eigenvalue weighted by atomic mass is 9.97. The van der Waals surface area contributed by atoms with Gasteiger partial charge in [0.05, 0.1) is 13.2 Å². The summed E-state index contributed by atoms with van der Waals surface area (Å²) < 4.78 is 11.8. The molecule has 5 heteroatoms. The van der Waals surface area contributed by atoms with Crippen LogP contribution in [0.15, 0.2) is 48.5 Å². The first-order valence-corrected chi connectivity index (χ1v) is 9.95. The summed E-state index contributed by atoms with van der Waals surface area (Å²) in [5.41, 5.74) is 1.94. The van der Waals surface area contributed by atoms with Crippen LogP contribution in [0.2, 0.25) is 0 Å². The molecule has 2 aromatic rings. The molecule has 1 amide bonds. The zero-order valence-corrected chi connectivity index (χ0v) is 16.7. The van der Waals surface area contributed by atoms with Gasteiger partial charge in [-0.15, -0.1) is 0 Å². The lowest BCUT2D eigenvalue weighted by Gasteiger charge is -2.34. The van der Waals surface area contributed by atoms with Gasteiger partial charge in [-0.05, 0) is 23.8 Å². The average Bonchev–Trinajstić information content (AvgIpc) is 2.87. The Morgan fingerprint density at radius 1 is 0.929 bits per heavy atom. The topological polar surface area (TPSA) is 42.0 Å². The minimum atomic E-state index is -0.0434. The van der Waals surface area contributed by atoms with Crippen molar-refractivity contribution in [1.82, 2.24) is 9.80 Å². The molecular formula is C23H28N2O3. The van der Waals surface area contributed by atoms with Crippen molar-refractivity contribution in [3.05, 3.63) is 59.7 Å². The van der Waals surface area contributed by atoms with E-state index < -0.39 is 0 Å². The predicted octanol–water partition coefficient (Wildman–Crippen LogP) is 3.44. The number of piperazine rings is 1. The second-order valence-electron chi connectivity index (χ2n) is 8.46. The molecule has 2 aliphatic rings. The fraction of sp³-hybridized carbons (Fsp3) is 0.435. The first-order valence-electron chi connectivity index (χ1n) is 9.95. The summed E-state index contributed by atoms with van der Waals surface area (Å²) in [4.78, 5) is 17.3. The fourth-order valence-corrected chi connectivity index (χ4v) is 3.59. The lowest BCUT2D eigenvalue weighted by molar-refractivity contribution is 0.0628. The number of carbonyl (C=O) groups excluding carboxylic acids is 1. The molecule has 0 atom stereocenters. The van der Waals surface area contributed by atoms with Crippen LogP contribution < -0.4 is 9.47 Å². The Morgan fingerprint density at radius 3 is 2.32 bits per heavy atom. The Labute approximate surface area is 166 Å². The highest BCUT2D eigenvalue weighted by Gasteiger charge is 2.27. The first-order chi connectivity index (χ1) is 13.5. The minimum absolute atomic E-state index is 0.0434. The van der Waals surface area contributed by atoms with Crippen molar-refractivity contribution in [2.45, 2.75) is 20.4 Å². The van der Waals surface area contributed by atoms with E-state index in [1.807, 2.05) is 29.2 Å². The number of rotatable bonds is 3. The Balaban J connectivity index is 1.37. The summed E-state index contributed by atoms with van der Waals surface area (Å²) in [5.74, 6) is 1.45. The third-order valence-corrected chi connectivity index (χ3v) is 5.34. The van der Waals surface area contributed by atoms with E-state index in [1.165, 1.54) is 5.56 Å². The number of amides is 1. The van der Waals surface area contributed by atoms with E-state index in [0.29, 0.717) is 24.5 Å². The van der Waals surface area contributed by atoms with E-state index in [-0.39, 0.29) is 11.3 Å². The molecule has 0 spiro atoms. The molecular weight excluding hydrogens is 352 g/mol. The highest BCUT2D eigenvalue weighted by atomic mass is 16.5. The molecule has 2 aromatic carbocycles. The zero-order valence-electron chi connectivity index (χ0n) is 16.7. The molecule has 0 aromatic heterocycles. The molecule has 0 bridgehead atoms. The SMILES string of the molecule is CC1(C)COc2ccc(C(=O)N3CCN(Cc4ccccc4)CC3)cc2OC1. The summed E-state index contributed by atoms with van der Waals surface area (Å²) >= 11 is 0. The largest absolute Gasteiger partial charge is 0.489 e. The van der Waals surface area contributed by atoms with Crippen LogP contribution in [0.1, 0.15) is 29.8 Å². The van der Waals surface area contributed by atoms with E-state index in [0.717, 1.165) is 38.5 Å². The molecule has 2 aliphatic heterocycles. The van der Waals surface area contributed by atoms with Crippen molar-refractivity contribution in [3.63, 3.8) is 0 Å². The summed E-state index contributed by atoms with van der Waals surface area (Å²) in [5, 5.41) is 0. The van der Waals surface area contributed by atoms with Gasteiger partial charge < -0.3 is 14.4 Å².